The minimum atomic E-state index is -0.855. The summed E-state index contributed by atoms with van der Waals surface area (Å²) in [5.41, 5.74) is 7.99. The lowest BCUT2D eigenvalue weighted by atomic mass is 9.96. The number of primary amides is 1. The summed E-state index contributed by atoms with van der Waals surface area (Å²) in [7, 11) is 0. The van der Waals surface area contributed by atoms with Crippen molar-refractivity contribution in [2.45, 2.75) is 51.5 Å². The van der Waals surface area contributed by atoms with E-state index in [0.29, 0.717) is 29.5 Å². The number of ether oxygens (including phenoxy) is 1. The molecule has 0 unspecified atom stereocenters. The van der Waals surface area contributed by atoms with E-state index in [1.807, 2.05) is 12.1 Å². The van der Waals surface area contributed by atoms with Gasteiger partial charge in [-0.15, -0.1) is 0 Å². The molecule has 1 aliphatic carbocycles. The van der Waals surface area contributed by atoms with E-state index in [4.69, 9.17) is 15.5 Å². The highest BCUT2D eigenvalue weighted by Gasteiger charge is 2.15. The number of rotatable bonds is 5. The molecule has 0 bridgehead atoms. The second kappa shape index (κ2) is 8.66. The monoisotopic (exact) mass is 367 g/mol. The molecule has 0 radical (unpaired) electrons. The van der Waals surface area contributed by atoms with E-state index in [1.165, 1.54) is 19.3 Å². The van der Waals surface area contributed by atoms with Crippen molar-refractivity contribution in [2.24, 2.45) is 10.7 Å². The molecule has 1 aromatic heterocycles. The first-order chi connectivity index (χ1) is 13.0. The molecule has 0 spiro atoms. The van der Waals surface area contributed by atoms with Crippen molar-refractivity contribution in [1.29, 1.82) is 0 Å². The number of nitrogens with zero attached hydrogens (tertiary/aromatic N) is 2. The molecule has 0 saturated heterocycles. The fourth-order valence-electron chi connectivity index (χ4n) is 3.41. The maximum Gasteiger partial charge on any atom is 0.409 e. The zero-order valence-electron chi connectivity index (χ0n) is 15.5. The quantitative estimate of drug-likeness (QED) is 0.783. The van der Waals surface area contributed by atoms with Gasteiger partial charge in [0.25, 0.3) is 0 Å². The van der Waals surface area contributed by atoms with Crippen LogP contribution < -0.4 is 10.5 Å². The molecule has 3 N–H and O–H groups in total. The van der Waals surface area contributed by atoms with E-state index in [2.05, 4.69) is 4.98 Å². The molecule has 3 rings (SSSR count). The second-order valence-corrected chi connectivity index (χ2v) is 6.91. The number of hydrogen-bond acceptors (Lipinski definition) is 5. The van der Waals surface area contributed by atoms with Crippen LogP contribution in [0.3, 0.4) is 0 Å². The van der Waals surface area contributed by atoms with Crippen molar-refractivity contribution >= 4 is 12.3 Å². The van der Waals surface area contributed by atoms with Gasteiger partial charge in [-0.3, -0.25) is 9.98 Å². The fraction of sp³-hybridized carbons (Fsp3) is 0.381. The van der Waals surface area contributed by atoms with Gasteiger partial charge in [-0.1, -0.05) is 37.5 Å². The van der Waals surface area contributed by atoms with Gasteiger partial charge < -0.3 is 15.6 Å². The lowest BCUT2D eigenvalue weighted by molar-refractivity contribution is 0.210. The third-order valence-corrected chi connectivity index (χ3v) is 4.91. The molecule has 6 heteroatoms. The average molecular weight is 367 g/mol. The number of para-hydroxylation sites is 1. The highest BCUT2D eigenvalue weighted by Crippen LogP contribution is 2.28. The molecule has 1 fully saturated rings. The summed E-state index contributed by atoms with van der Waals surface area (Å²) in [5, 5.41) is 10.5. The number of aliphatic imine (C=N–C) groups is 1. The standard InChI is InChI=1S/C21H25N3O3/c1-14-20(25)18(13-24-17-8-3-2-4-9-17)16(12-23-14)11-15-7-5-6-10-19(15)27-21(22)26/h5-7,10,12-13,17,25H,2-4,8-9,11H2,1H3,(H2,22,26). The number of aromatic hydroxyl groups is 1. The van der Waals surface area contributed by atoms with E-state index in [9.17, 15) is 9.90 Å². The van der Waals surface area contributed by atoms with Gasteiger partial charge in [0.2, 0.25) is 0 Å². The van der Waals surface area contributed by atoms with Crippen molar-refractivity contribution in [3.05, 3.63) is 52.8 Å². The van der Waals surface area contributed by atoms with Crippen LogP contribution in [-0.4, -0.2) is 28.4 Å². The molecule has 142 valence electrons. The van der Waals surface area contributed by atoms with E-state index in [-0.39, 0.29) is 5.75 Å². The van der Waals surface area contributed by atoms with Crippen LogP contribution in [0.5, 0.6) is 11.5 Å². The second-order valence-electron chi connectivity index (χ2n) is 6.91. The molecule has 6 nitrogen and oxygen atoms in total. The van der Waals surface area contributed by atoms with Crippen LogP contribution in [0.15, 0.2) is 35.5 Å². The minimum Gasteiger partial charge on any atom is -0.505 e. The van der Waals surface area contributed by atoms with Gasteiger partial charge in [0, 0.05) is 30.4 Å². The Balaban J connectivity index is 1.91. The van der Waals surface area contributed by atoms with Crippen LogP contribution in [0.1, 0.15) is 54.5 Å². The maximum absolute atomic E-state index is 11.1. The molecule has 1 saturated carbocycles. The van der Waals surface area contributed by atoms with Crippen molar-refractivity contribution in [2.75, 3.05) is 0 Å². The topological polar surface area (TPSA) is 97.8 Å². The van der Waals surface area contributed by atoms with E-state index < -0.39 is 6.09 Å². The highest BCUT2D eigenvalue weighted by molar-refractivity contribution is 5.86. The Morgan fingerprint density at radius 2 is 2.04 bits per heavy atom. The number of nitrogens with two attached hydrogens (primary N) is 1. The van der Waals surface area contributed by atoms with Gasteiger partial charge in [0.05, 0.1) is 5.69 Å². The summed E-state index contributed by atoms with van der Waals surface area (Å²) in [4.78, 5) is 20.1. The van der Waals surface area contributed by atoms with Crippen molar-refractivity contribution in [1.82, 2.24) is 4.98 Å². The van der Waals surface area contributed by atoms with Crippen LogP contribution >= 0.6 is 0 Å². The first kappa shape index (κ1) is 18.9. The highest BCUT2D eigenvalue weighted by atomic mass is 16.5. The summed E-state index contributed by atoms with van der Waals surface area (Å²) in [5.74, 6) is 0.542. The Morgan fingerprint density at radius 3 is 2.78 bits per heavy atom. The molecule has 0 aliphatic heterocycles. The summed E-state index contributed by atoms with van der Waals surface area (Å²) in [6.45, 7) is 1.77. The minimum absolute atomic E-state index is 0.139. The van der Waals surface area contributed by atoms with Crippen LogP contribution in [0, 0.1) is 6.92 Å². The average Bonchev–Trinajstić information content (AvgIpc) is 2.66. The summed E-state index contributed by atoms with van der Waals surface area (Å²) >= 11 is 0. The predicted octanol–water partition coefficient (Wildman–Crippen LogP) is 3.90. The van der Waals surface area contributed by atoms with Crippen molar-refractivity contribution in [3.63, 3.8) is 0 Å². The predicted molar refractivity (Wildman–Crippen MR) is 105 cm³/mol. The van der Waals surface area contributed by atoms with Crippen molar-refractivity contribution in [3.8, 4) is 11.5 Å². The first-order valence-corrected chi connectivity index (χ1v) is 9.30. The smallest absolute Gasteiger partial charge is 0.409 e. The van der Waals surface area contributed by atoms with Gasteiger partial charge in [0.1, 0.15) is 11.5 Å². The third-order valence-electron chi connectivity index (χ3n) is 4.91. The number of carbonyl (C=O) groups is 1. The van der Waals surface area contributed by atoms with Gasteiger partial charge in [0.15, 0.2) is 0 Å². The van der Waals surface area contributed by atoms with Crippen LogP contribution in [0.4, 0.5) is 4.79 Å². The van der Waals surface area contributed by atoms with Crippen LogP contribution in [-0.2, 0) is 6.42 Å². The Bertz CT molecular complexity index is 843. The van der Waals surface area contributed by atoms with E-state index in [0.717, 1.165) is 24.0 Å². The summed E-state index contributed by atoms with van der Waals surface area (Å²) in [6, 6.07) is 7.50. The maximum atomic E-state index is 11.1. The molecular weight excluding hydrogens is 342 g/mol. The largest absolute Gasteiger partial charge is 0.505 e. The number of hydrogen-bond donors (Lipinski definition) is 2. The Morgan fingerprint density at radius 1 is 1.30 bits per heavy atom. The van der Waals surface area contributed by atoms with Gasteiger partial charge in [-0.25, -0.2) is 4.79 Å². The zero-order valence-corrected chi connectivity index (χ0v) is 15.5. The molecule has 1 heterocycles. The third kappa shape index (κ3) is 4.84. The van der Waals surface area contributed by atoms with Gasteiger partial charge in [-0.2, -0.15) is 0 Å². The number of aryl methyl sites for hydroxylation is 1. The van der Waals surface area contributed by atoms with E-state index >= 15 is 0 Å². The number of amides is 1. The number of carbonyl (C=O) groups excluding carboxylic acids is 1. The molecule has 27 heavy (non-hydrogen) atoms. The van der Waals surface area contributed by atoms with E-state index in [1.54, 1.807) is 31.5 Å². The summed E-state index contributed by atoms with van der Waals surface area (Å²) in [6.07, 6.45) is 8.95. The number of pyridine rings is 1. The molecule has 1 aromatic carbocycles. The van der Waals surface area contributed by atoms with Gasteiger partial charge >= 0.3 is 6.09 Å². The fourth-order valence-corrected chi connectivity index (χ4v) is 3.41. The Labute approximate surface area is 159 Å². The van der Waals surface area contributed by atoms with Crippen molar-refractivity contribution < 1.29 is 14.6 Å². The lowest BCUT2D eigenvalue weighted by Crippen LogP contribution is -2.17. The summed E-state index contributed by atoms with van der Waals surface area (Å²) < 4.78 is 5.09. The SMILES string of the molecule is Cc1ncc(Cc2ccccc2OC(N)=O)c(C=NC2CCCCC2)c1O. The van der Waals surface area contributed by atoms with Gasteiger partial charge in [-0.05, 0) is 37.0 Å². The number of aromatic nitrogens is 1. The Hall–Kier alpha value is -2.89. The van der Waals surface area contributed by atoms with Crippen LogP contribution in [0.2, 0.25) is 0 Å². The molecule has 2 aromatic rings. The Kier molecular flexibility index (Phi) is 6.06. The lowest BCUT2D eigenvalue weighted by Gasteiger charge is -2.18. The molecule has 1 amide bonds. The molecular formula is C21H25N3O3. The normalized spacial score (nSPS) is 15.1. The molecule has 0 atom stereocenters. The molecule has 1 aliphatic rings. The first-order valence-electron chi connectivity index (χ1n) is 9.30. The number of benzene rings is 1. The van der Waals surface area contributed by atoms with Crippen LogP contribution in [0.25, 0.3) is 0 Å². The zero-order chi connectivity index (χ0) is 19.2.